The first-order chi connectivity index (χ1) is 18.6. The Morgan fingerprint density at radius 3 is 2.41 bits per heavy atom. The fraction of sp³-hybridized carbons (Fsp3) is 0.214. The van der Waals surface area contributed by atoms with Crippen molar-refractivity contribution in [2.24, 2.45) is 0 Å². The van der Waals surface area contributed by atoms with Crippen LogP contribution in [0.3, 0.4) is 0 Å². The van der Waals surface area contributed by atoms with Crippen molar-refractivity contribution < 1.29 is 13.2 Å². The molecule has 1 saturated heterocycles. The largest absolute Gasteiger partial charge is 0.494 e. The minimum Gasteiger partial charge on any atom is -0.494 e. The van der Waals surface area contributed by atoms with Gasteiger partial charge in [-0.2, -0.15) is 0 Å². The molecule has 4 aromatic rings. The van der Waals surface area contributed by atoms with E-state index in [9.17, 15) is 8.42 Å². The lowest BCUT2D eigenvalue weighted by Crippen LogP contribution is -2.29. The van der Waals surface area contributed by atoms with Crippen LogP contribution in [0, 0.1) is 13.8 Å². The Balaban J connectivity index is 1.66. The third-order valence-corrected chi connectivity index (χ3v) is 7.89. The zero-order chi connectivity index (χ0) is 27.9. The van der Waals surface area contributed by atoms with E-state index in [0.717, 1.165) is 40.3 Å². The number of nitrogens with zero attached hydrogens (tertiary/aromatic N) is 3. The maximum absolute atomic E-state index is 11.9. The minimum absolute atomic E-state index is 0.238. The predicted molar refractivity (Wildman–Crippen MR) is 160 cm³/mol. The average molecular weight is 582 g/mol. The number of pyridine rings is 1. The number of sulfonamides is 1. The Morgan fingerprint density at radius 1 is 1.05 bits per heavy atom. The summed E-state index contributed by atoms with van der Waals surface area (Å²) in [6.45, 7) is 4.16. The van der Waals surface area contributed by atoms with E-state index in [0.29, 0.717) is 21.6 Å². The number of ether oxygens (including phenoxy) is 1. The van der Waals surface area contributed by atoms with Gasteiger partial charge >= 0.3 is 0 Å². The van der Waals surface area contributed by atoms with E-state index in [4.69, 9.17) is 28.6 Å². The van der Waals surface area contributed by atoms with Gasteiger partial charge in [0.15, 0.2) is 5.11 Å². The summed E-state index contributed by atoms with van der Waals surface area (Å²) in [5, 5.41) is 4.68. The van der Waals surface area contributed by atoms with Gasteiger partial charge in [-0.1, -0.05) is 17.7 Å². The Bertz CT molecular complexity index is 1640. The van der Waals surface area contributed by atoms with Gasteiger partial charge in [-0.3, -0.25) is 9.71 Å². The second-order valence-electron chi connectivity index (χ2n) is 9.39. The number of nitrogens with one attached hydrogen (secondary N) is 2. The Kier molecular flexibility index (Phi) is 7.28. The summed E-state index contributed by atoms with van der Waals surface area (Å²) < 4.78 is 34.0. The van der Waals surface area contributed by atoms with Crippen LogP contribution in [-0.2, 0) is 10.0 Å². The van der Waals surface area contributed by atoms with Crippen molar-refractivity contribution in [2.45, 2.75) is 25.9 Å². The summed E-state index contributed by atoms with van der Waals surface area (Å²) >= 11 is 12.0. The molecule has 0 unspecified atom stereocenters. The van der Waals surface area contributed by atoms with Gasteiger partial charge in [0.05, 0.1) is 36.8 Å². The van der Waals surface area contributed by atoms with E-state index in [-0.39, 0.29) is 12.1 Å². The molecule has 1 fully saturated rings. The van der Waals surface area contributed by atoms with E-state index in [1.165, 1.54) is 7.11 Å². The van der Waals surface area contributed by atoms with Gasteiger partial charge in [0, 0.05) is 40.0 Å². The van der Waals surface area contributed by atoms with Crippen molar-refractivity contribution in [2.75, 3.05) is 23.0 Å². The van der Waals surface area contributed by atoms with Gasteiger partial charge in [0.1, 0.15) is 5.75 Å². The smallest absolute Gasteiger partial charge is 0.229 e. The molecule has 8 nitrogen and oxygen atoms in total. The van der Waals surface area contributed by atoms with Crippen LogP contribution in [0.4, 0.5) is 11.4 Å². The first-order valence-electron chi connectivity index (χ1n) is 12.2. The average Bonchev–Trinajstić information content (AvgIpc) is 3.39. The topological polar surface area (TPSA) is 88.5 Å². The van der Waals surface area contributed by atoms with Gasteiger partial charge < -0.3 is 19.5 Å². The maximum atomic E-state index is 11.9. The number of benzene rings is 2. The molecule has 0 radical (unpaired) electrons. The zero-order valence-corrected chi connectivity index (χ0v) is 24.2. The monoisotopic (exact) mass is 581 g/mol. The molecule has 202 valence electrons. The molecule has 3 heterocycles. The molecular weight excluding hydrogens is 554 g/mol. The zero-order valence-electron chi connectivity index (χ0n) is 21.8. The quantitative estimate of drug-likeness (QED) is 0.271. The summed E-state index contributed by atoms with van der Waals surface area (Å²) in [6.07, 6.45) is 2.87. The number of aryl methyl sites for hydroxylation is 1. The van der Waals surface area contributed by atoms with E-state index in [2.05, 4.69) is 39.5 Å². The Morgan fingerprint density at radius 2 is 1.77 bits per heavy atom. The highest BCUT2D eigenvalue weighted by Gasteiger charge is 2.42. The SMILES string of the molecule is COc1cc(N2C(=S)N[C@@H](c3ccccn3)[C@H]2c2cc(C)n(-c3ccc(Cl)cc3)c2C)ccc1NS(C)(=O)=O. The molecule has 0 bridgehead atoms. The van der Waals surface area contributed by atoms with Crippen molar-refractivity contribution in [3.63, 3.8) is 0 Å². The Labute approximate surface area is 238 Å². The predicted octanol–water partition coefficient (Wildman–Crippen LogP) is 5.70. The molecule has 2 N–H and O–H groups in total. The summed E-state index contributed by atoms with van der Waals surface area (Å²) in [4.78, 5) is 6.68. The van der Waals surface area contributed by atoms with Crippen LogP contribution in [0.5, 0.6) is 5.75 Å². The number of aromatic nitrogens is 2. The normalized spacial score (nSPS) is 17.3. The maximum Gasteiger partial charge on any atom is 0.229 e. The van der Waals surface area contributed by atoms with Crippen LogP contribution in [0.1, 0.15) is 34.7 Å². The molecule has 0 saturated carbocycles. The summed E-state index contributed by atoms with van der Waals surface area (Å²) in [6, 6.07) is 20.5. The molecule has 39 heavy (non-hydrogen) atoms. The van der Waals surface area contributed by atoms with Crippen LogP contribution >= 0.6 is 23.8 Å². The van der Waals surface area contributed by atoms with Crippen LogP contribution in [0.15, 0.2) is 72.9 Å². The van der Waals surface area contributed by atoms with E-state index < -0.39 is 10.0 Å². The number of rotatable bonds is 7. The molecule has 2 aromatic carbocycles. The molecule has 2 atom stereocenters. The summed E-state index contributed by atoms with van der Waals surface area (Å²) in [5.74, 6) is 0.382. The number of thiocarbonyl (C=S) groups is 1. The minimum atomic E-state index is -3.49. The van der Waals surface area contributed by atoms with Gasteiger partial charge in [-0.05, 0) is 86.2 Å². The van der Waals surface area contributed by atoms with Crippen molar-refractivity contribution in [1.29, 1.82) is 0 Å². The highest BCUT2D eigenvalue weighted by molar-refractivity contribution is 7.92. The fourth-order valence-corrected chi connectivity index (χ4v) is 6.18. The lowest BCUT2D eigenvalue weighted by molar-refractivity contribution is 0.417. The van der Waals surface area contributed by atoms with Gasteiger partial charge in [0.25, 0.3) is 0 Å². The third-order valence-electron chi connectivity index (χ3n) is 6.73. The first-order valence-corrected chi connectivity index (χ1v) is 14.9. The molecule has 0 aliphatic carbocycles. The number of halogens is 1. The lowest BCUT2D eigenvalue weighted by atomic mass is 9.96. The highest BCUT2D eigenvalue weighted by atomic mass is 35.5. The summed E-state index contributed by atoms with van der Waals surface area (Å²) in [7, 11) is -1.99. The molecule has 5 rings (SSSR count). The lowest BCUT2D eigenvalue weighted by Gasteiger charge is -2.29. The van der Waals surface area contributed by atoms with Crippen molar-refractivity contribution in [1.82, 2.24) is 14.9 Å². The second-order valence-corrected chi connectivity index (χ2v) is 12.0. The number of anilines is 2. The first kappa shape index (κ1) is 27.0. The molecule has 11 heteroatoms. The van der Waals surface area contributed by atoms with E-state index in [1.54, 1.807) is 18.3 Å². The highest BCUT2D eigenvalue weighted by Crippen LogP contribution is 2.45. The Hall–Kier alpha value is -3.60. The van der Waals surface area contributed by atoms with Crippen LogP contribution < -0.4 is 19.7 Å². The number of hydrogen-bond donors (Lipinski definition) is 2. The van der Waals surface area contributed by atoms with Crippen LogP contribution in [0.25, 0.3) is 5.69 Å². The van der Waals surface area contributed by atoms with Gasteiger partial charge in [-0.25, -0.2) is 8.42 Å². The molecule has 1 aliphatic rings. The second kappa shape index (κ2) is 10.5. The summed E-state index contributed by atoms with van der Waals surface area (Å²) in [5.41, 5.74) is 6.15. The fourth-order valence-electron chi connectivity index (χ4n) is 5.14. The van der Waals surface area contributed by atoms with Crippen molar-refractivity contribution >= 4 is 50.3 Å². The standard InChI is InChI=1S/C28H28ClN5O3S2/c1-17-15-22(18(2)33(17)20-10-8-19(29)9-11-20)27-26(24-7-5-6-14-30-24)31-28(38)34(27)21-12-13-23(25(16-21)37-3)32-39(4,35)36/h5-16,26-27,32H,1-4H3,(H,31,38)/t26-,27+/m0/s1. The van der Waals surface area contributed by atoms with Gasteiger partial charge in [-0.15, -0.1) is 0 Å². The number of hydrogen-bond acceptors (Lipinski definition) is 5. The molecule has 0 amide bonds. The van der Waals surface area contributed by atoms with Crippen molar-refractivity contribution in [3.8, 4) is 11.4 Å². The third kappa shape index (κ3) is 5.32. The molecule has 1 aliphatic heterocycles. The van der Waals surface area contributed by atoms with Crippen molar-refractivity contribution in [3.05, 3.63) is 101 Å². The number of methoxy groups -OCH3 is 1. The molecular formula is C28H28ClN5O3S2. The van der Waals surface area contributed by atoms with Crippen LogP contribution in [0.2, 0.25) is 5.02 Å². The molecule has 2 aromatic heterocycles. The van der Waals surface area contributed by atoms with E-state index in [1.807, 2.05) is 53.4 Å². The van der Waals surface area contributed by atoms with Gasteiger partial charge in [0.2, 0.25) is 10.0 Å². The molecule has 0 spiro atoms. The van der Waals surface area contributed by atoms with E-state index >= 15 is 0 Å². The van der Waals surface area contributed by atoms with Crippen LogP contribution in [-0.4, -0.2) is 36.4 Å².